The second-order valence-corrected chi connectivity index (χ2v) is 8.20. The molecule has 1 aliphatic rings. The summed E-state index contributed by atoms with van der Waals surface area (Å²) in [5, 5.41) is 5.10. The van der Waals surface area contributed by atoms with Gasteiger partial charge < -0.3 is 10.3 Å². The van der Waals surface area contributed by atoms with Crippen molar-refractivity contribution < 1.29 is 4.79 Å². The third-order valence-corrected chi connectivity index (χ3v) is 6.28. The number of benzene rings is 1. The first-order valence-electron chi connectivity index (χ1n) is 9.51. The maximum Gasteiger partial charge on any atom is 0.261 e. The average molecular weight is 388 g/mol. The predicted octanol–water partition coefficient (Wildman–Crippen LogP) is 4.75. The van der Waals surface area contributed by atoms with Crippen LogP contribution in [0.3, 0.4) is 0 Å². The molecule has 0 aliphatic heterocycles. The monoisotopic (exact) mass is 388 g/mol. The van der Waals surface area contributed by atoms with Gasteiger partial charge in [0, 0.05) is 24.4 Å². The molecule has 2 atom stereocenters. The van der Waals surface area contributed by atoms with Crippen LogP contribution in [0.5, 0.6) is 0 Å². The summed E-state index contributed by atoms with van der Waals surface area (Å²) >= 11 is 1.48. The number of rotatable bonds is 4. The van der Waals surface area contributed by atoms with Crippen molar-refractivity contribution in [2.24, 2.45) is 0 Å². The molecule has 0 unspecified atom stereocenters. The van der Waals surface area contributed by atoms with Crippen molar-refractivity contribution >= 4 is 28.3 Å². The van der Waals surface area contributed by atoms with Gasteiger partial charge in [-0.25, -0.2) is 4.98 Å². The number of pyridine rings is 1. The minimum Gasteiger partial charge on any atom is -0.349 e. The molecule has 2 N–H and O–H groups in total. The molecular weight excluding hydrogens is 368 g/mol. The van der Waals surface area contributed by atoms with E-state index >= 15 is 0 Å². The van der Waals surface area contributed by atoms with Gasteiger partial charge >= 0.3 is 0 Å². The summed E-state index contributed by atoms with van der Waals surface area (Å²) < 4.78 is 0. The Balaban J connectivity index is 1.32. The molecule has 1 aromatic carbocycles. The van der Waals surface area contributed by atoms with Crippen molar-refractivity contribution in [1.29, 1.82) is 0 Å². The van der Waals surface area contributed by atoms with Crippen LogP contribution in [0, 0.1) is 0 Å². The zero-order chi connectivity index (χ0) is 18.9. The van der Waals surface area contributed by atoms with Gasteiger partial charge in [-0.3, -0.25) is 9.78 Å². The number of carbonyl (C=O) groups is 1. The molecule has 1 fully saturated rings. The lowest BCUT2D eigenvalue weighted by Gasteiger charge is -2.11. The van der Waals surface area contributed by atoms with Gasteiger partial charge in [0.25, 0.3) is 5.91 Å². The summed E-state index contributed by atoms with van der Waals surface area (Å²) in [7, 11) is 0. The number of imidazole rings is 1. The van der Waals surface area contributed by atoms with Crippen LogP contribution in [0.4, 0.5) is 0 Å². The number of aromatic nitrogens is 3. The number of amides is 1. The first kappa shape index (κ1) is 17.1. The number of H-pyrrole nitrogens is 1. The van der Waals surface area contributed by atoms with Gasteiger partial charge in [-0.1, -0.05) is 12.1 Å². The highest BCUT2D eigenvalue weighted by atomic mass is 32.1. The van der Waals surface area contributed by atoms with E-state index in [2.05, 4.69) is 33.5 Å². The highest BCUT2D eigenvalue weighted by molar-refractivity contribution is 7.12. The fraction of sp³-hybridized carbons (Fsp3) is 0.227. The number of nitrogens with one attached hydrogen (secondary N) is 2. The molecule has 4 aromatic rings. The Morgan fingerprint density at radius 1 is 1.11 bits per heavy atom. The van der Waals surface area contributed by atoms with E-state index in [4.69, 9.17) is 4.98 Å². The Morgan fingerprint density at radius 2 is 2.00 bits per heavy atom. The van der Waals surface area contributed by atoms with Crippen LogP contribution < -0.4 is 5.32 Å². The summed E-state index contributed by atoms with van der Waals surface area (Å²) in [5.41, 5.74) is 4.33. The zero-order valence-corrected chi connectivity index (χ0v) is 16.1. The Morgan fingerprint density at radius 3 is 2.82 bits per heavy atom. The van der Waals surface area contributed by atoms with Gasteiger partial charge in [0.2, 0.25) is 0 Å². The number of thiophene rings is 1. The van der Waals surface area contributed by atoms with Crippen LogP contribution in [-0.4, -0.2) is 26.9 Å². The topological polar surface area (TPSA) is 70.7 Å². The molecule has 28 heavy (non-hydrogen) atoms. The molecule has 0 spiro atoms. The average Bonchev–Trinajstić information content (AvgIpc) is 3.48. The molecule has 1 aliphatic carbocycles. The van der Waals surface area contributed by atoms with E-state index in [0.717, 1.165) is 52.1 Å². The Bertz CT molecular complexity index is 1100. The molecule has 3 heterocycles. The maximum atomic E-state index is 12.3. The quantitative estimate of drug-likeness (QED) is 0.530. The minimum atomic E-state index is 0.0345. The smallest absolute Gasteiger partial charge is 0.261 e. The van der Waals surface area contributed by atoms with E-state index < -0.39 is 0 Å². The van der Waals surface area contributed by atoms with Crippen molar-refractivity contribution in [2.45, 2.75) is 31.2 Å². The molecular formula is C22H20N4OS. The standard InChI is InChI=1S/C22H20N4OS/c27-22(20-2-1-11-28-20)24-17-5-3-16(12-17)21-25-18-6-4-15(13-19(18)26-21)14-7-9-23-10-8-14/h1-2,4,6-11,13,16-17H,3,5,12H2,(H,24,27)(H,25,26)/t16-,17+/m1/s1. The molecule has 1 saturated carbocycles. The summed E-state index contributed by atoms with van der Waals surface area (Å²) in [6, 6.07) is 14.3. The number of nitrogens with zero attached hydrogens (tertiary/aromatic N) is 2. The lowest BCUT2D eigenvalue weighted by atomic mass is 10.1. The molecule has 6 heteroatoms. The van der Waals surface area contributed by atoms with E-state index in [-0.39, 0.29) is 11.9 Å². The number of fused-ring (bicyclic) bond motifs is 1. The summed E-state index contributed by atoms with van der Waals surface area (Å²) in [5.74, 6) is 1.41. The summed E-state index contributed by atoms with van der Waals surface area (Å²) in [6.45, 7) is 0. The summed E-state index contributed by atoms with van der Waals surface area (Å²) in [4.78, 5) is 25.5. The van der Waals surface area contributed by atoms with Crippen molar-refractivity contribution in [3.63, 3.8) is 0 Å². The molecule has 0 radical (unpaired) electrons. The predicted molar refractivity (Wildman–Crippen MR) is 111 cm³/mol. The van der Waals surface area contributed by atoms with Gasteiger partial charge in [-0.2, -0.15) is 0 Å². The number of carbonyl (C=O) groups excluding carboxylic acids is 1. The van der Waals surface area contributed by atoms with Gasteiger partial charge in [0.05, 0.1) is 15.9 Å². The minimum absolute atomic E-state index is 0.0345. The second-order valence-electron chi connectivity index (χ2n) is 7.25. The van der Waals surface area contributed by atoms with Gasteiger partial charge in [-0.05, 0) is 66.1 Å². The van der Waals surface area contributed by atoms with Crippen LogP contribution in [-0.2, 0) is 0 Å². The van der Waals surface area contributed by atoms with Gasteiger partial charge in [-0.15, -0.1) is 11.3 Å². The molecule has 0 bridgehead atoms. The van der Waals surface area contributed by atoms with Crippen molar-refractivity contribution in [2.75, 3.05) is 0 Å². The lowest BCUT2D eigenvalue weighted by Crippen LogP contribution is -2.32. The number of hydrogen-bond donors (Lipinski definition) is 2. The van der Waals surface area contributed by atoms with E-state index in [1.54, 1.807) is 12.4 Å². The second kappa shape index (κ2) is 7.20. The molecule has 140 valence electrons. The van der Waals surface area contributed by atoms with E-state index in [1.165, 1.54) is 11.3 Å². The first-order valence-corrected chi connectivity index (χ1v) is 10.4. The third-order valence-electron chi connectivity index (χ3n) is 5.41. The highest BCUT2D eigenvalue weighted by Crippen LogP contribution is 2.34. The van der Waals surface area contributed by atoms with Crippen molar-refractivity contribution in [3.8, 4) is 11.1 Å². The Hall–Kier alpha value is -2.99. The zero-order valence-electron chi connectivity index (χ0n) is 15.3. The number of aromatic amines is 1. The van der Waals surface area contributed by atoms with Crippen LogP contribution in [0.1, 0.15) is 40.7 Å². The van der Waals surface area contributed by atoms with Crippen molar-refractivity contribution in [1.82, 2.24) is 20.3 Å². The van der Waals surface area contributed by atoms with Gasteiger partial charge in [0.15, 0.2) is 0 Å². The maximum absolute atomic E-state index is 12.3. The molecule has 3 aromatic heterocycles. The van der Waals surface area contributed by atoms with Gasteiger partial charge in [0.1, 0.15) is 5.82 Å². The molecule has 5 rings (SSSR count). The lowest BCUT2D eigenvalue weighted by molar-refractivity contribution is 0.0941. The normalized spacial score (nSPS) is 19.1. The fourth-order valence-electron chi connectivity index (χ4n) is 3.97. The summed E-state index contributed by atoms with van der Waals surface area (Å²) in [6.07, 6.45) is 6.56. The molecule has 0 saturated heterocycles. The SMILES string of the molecule is O=C(N[C@H]1CC[C@@H](c2nc3ccc(-c4ccncc4)cc3[nH]2)C1)c1cccs1. The third kappa shape index (κ3) is 3.31. The van der Waals surface area contributed by atoms with Crippen LogP contribution in [0.15, 0.2) is 60.2 Å². The van der Waals surface area contributed by atoms with E-state index in [1.807, 2.05) is 29.6 Å². The van der Waals surface area contributed by atoms with E-state index in [9.17, 15) is 4.79 Å². The fourth-order valence-corrected chi connectivity index (χ4v) is 4.60. The van der Waals surface area contributed by atoms with Crippen LogP contribution in [0.2, 0.25) is 0 Å². The molecule has 5 nitrogen and oxygen atoms in total. The first-order chi connectivity index (χ1) is 13.8. The van der Waals surface area contributed by atoms with Crippen LogP contribution >= 0.6 is 11.3 Å². The Labute approximate surface area is 166 Å². The highest BCUT2D eigenvalue weighted by Gasteiger charge is 2.29. The number of hydrogen-bond acceptors (Lipinski definition) is 4. The molecule has 1 amide bonds. The largest absolute Gasteiger partial charge is 0.349 e. The van der Waals surface area contributed by atoms with E-state index in [0.29, 0.717) is 5.92 Å². The van der Waals surface area contributed by atoms with Crippen LogP contribution in [0.25, 0.3) is 22.2 Å². The van der Waals surface area contributed by atoms with Crippen molar-refractivity contribution in [3.05, 3.63) is 70.9 Å². The Kier molecular flexibility index (Phi) is 4.41.